The number of hydrogen-bond donors (Lipinski definition) is 1. The highest BCUT2D eigenvalue weighted by Crippen LogP contribution is 2.27. The van der Waals surface area contributed by atoms with Crippen molar-refractivity contribution in [3.05, 3.63) is 35.5 Å². The Kier molecular flexibility index (Phi) is 3.97. The number of carboxylic acids is 1. The predicted molar refractivity (Wildman–Crippen MR) is 89.5 cm³/mol. The maximum atomic E-state index is 11.4. The van der Waals surface area contributed by atoms with Gasteiger partial charge in [-0.25, -0.2) is 4.79 Å². The van der Waals surface area contributed by atoms with Crippen LogP contribution in [0.3, 0.4) is 0 Å². The zero-order valence-corrected chi connectivity index (χ0v) is 14.2. The maximum absolute atomic E-state index is 11.4. The van der Waals surface area contributed by atoms with Crippen LogP contribution in [0.25, 0.3) is 10.9 Å². The highest BCUT2D eigenvalue weighted by molar-refractivity contribution is 6.83. The molecule has 110 valence electrons. The van der Waals surface area contributed by atoms with Gasteiger partial charge in [-0.15, -0.1) is 5.54 Å². The molecule has 2 aromatic rings. The molecule has 0 unspecified atom stereocenters. The van der Waals surface area contributed by atoms with Crippen molar-refractivity contribution in [2.24, 2.45) is 0 Å². The standard InChI is InChI=1S/C17H21NO2Si/c1-12(2)18-11-15(17(19)20)14-8-6-7-13(16(14)18)9-10-21(3,4)5/h6-8,11-12H,1-5H3,(H,19,20). The maximum Gasteiger partial charge on any atom is 0.337 e. The van der Waals surface area contributed by atoms with Gasteiger partial charge in [-0.1, -0.05) is 37.7 Å². The quantitative estimate of drug-likeness (QED) is 0.668. The number of benzene rings is 1. The summed E-state index contributed by atoms with van der Waals surface area (Å²) in [6, 6.07) is 5.90. The second-order valence-corrected chi connectivity index (χ2v) is 11.3. The summed E-state index contributed by atoms with van der Waals surface area (Å²) in [5.41, 5.74) is 5.55. The fourth-order valence-electron chi connectivity index (χ4n) is 2.25. The Morgan fingerprint density at radius 3 is 2.48 bits per heavy atom. The second kappa shape index (κ2) is 5.42. The van der Waals surface area contributed by atoms with Gasteiger partial charge in [0.15, 0.2) is 0 Å². The molecule has 0 bridgehead atoms. The lowest BCUT2D eigenvalue weighted by molar-refractivity contribution is 0.0699. The lowest BCUT2D eigenvalue weighted by Gasteiger charge is -2.11. The smallest absolute Gasteiger partial charge is 0.337 e. The third-order valence-electron chi connectivity index (χ3n) is 3.21. The average molecular weight is 299 g/mol. The molecule has 1 N–H and O–H groups in total. The van der Waals surface area contributed by atoms with Gasteiger partial charge < -0.3 is 9.67 Å². The van der Waals surface area contributed by atoms with E-state index in [1.54, 1.807) is 6.20 Å². The molecular formula is C17H21NO2Si. The lowest BCUT2D eigenvalue weighted by atomic mass is 10.1. The molecule has 0 saturated heterocycles. The average Bonchev–Trinajstić information content (AvgIpc) is 2.75. The zero-order chi connectivity index (χ0) is 15.8. The van der Waals surface area contributed by atoms with Gasteiger partial charge in [0.1, 0.15) is 8.07 Å². The molecule has 1 heterocycles. The minimum atomic E-state index is -1.47. The molecule has 1 aromatic carbocycles. The molecule has 1 aromatic heterocycles. The van der Waals surface area contributed by atoms with Crippen LogP contribution < -0.4 is 0 Å². The molecule has 3 nitrogen and oxygen atoms in total. The van der Waals surface area contributed by atoms with Crippen molar-refractivity contribution >= 4 is 24.9 Å². The SMILES string of the molecule is CC(C)n1cc(C(=O)O)c2cccc(C#C[Si](C)(C)C)c21. The van der Waals surface area contributed by atoms with E-state index in [-0.39, 0.29) is 6.04 Å². The van der Waals surface area contributed by atoms with E-state index in [1.165, 1.54) is 0 Å². The molecule has 0 amide bonds. The summed E-state index contributed by atoms with van der Waals surface area (Å²) in [5, 5.41) is 10.1. The van der Waals surface area contributed by atoms with Crippen LogP contribution in [-0.4, -0.2) is 23.7 Å². The highest BCUT2D eigenvalue weighted by atomic mass is 28.3. The number of aromatic nitrogens is 1. The summed E-state index contributed by atoms with van der Waals surface area (Å²) in [7, 11) is -1.47. The van der Waals surface area contributed by atoms with Gasteiger partial charge in [-0.2, -0.15) is 0 Å². The van der Waals surface area contributed by atoms with Crippen molar-refractivity contribution in [3.8, 4) is 11.5 Å². The van der Waals surface area contributed by atoms with Crippen LogP contribution in [0.1, 0.15) is 35.8 Å². The minimum Gasteiger partial charge on any atom is -0.478 e. The number of hydrogen-bond acceptors (Lipinski definition) is 1. The van der Waals surface area contributed by atoms with Crippen molar-refractivity contribution in [2.75, 3.05) is 0 Å². The molecule has 0 atom stereocenters. The van der Waals surface area contributed by atoms with Crippen molar-refractivity contribution in [2.45, 2.75) is 39.5 Å². The van der Waals surface area contributed by atoms with Crippen molar-refractivity contribution < 1.29 is 9.90 Å². The molecule has 0 radical (unpaired) electrons. The third-order valence-corrected chi connectivity index (χ3v) is 4.09. The van der Waals surface area contributed by atoms with Gasteiger partial charge in [-0.3, -0.25) is 0 Å². The number of nitrogens with zero attached hydrogens (tertiary/aromatic N) is 1. The van der Waals surface area contributed by atoms with Crippen LogP contribution in [0.5, 0.6) is 0 Å². The number of rotatable bonds is 2. The lowest BCUT2D eigenvalue weighted by Crippen LogP contribution is -2.16. The minimum absolute atomic E-state index is 0.190. The summed E-state index contributed by atoms with van der Waals surface area (Å²) in [5.74, 6) is 2.38. The van der Waals surface area contributed by atoms with Crippen molar-refractivity contribution in [3.63, 3.8) is 0 Å². The summed E-state index contributed by atoms with van der Waals surface area (Å²) in [6.45, 7) is 10.7. The van der Waals surface area contributed by atoms with E-state index >= 15 is 0 Å². The van der Waals surface area contributed by atoms with Crippen LogP contribution in [0.15, 0.2) is 24.4 Å². The normalized spacial score (nSPS) is 11.5. The van der Waals surface area contributed by atoms with Gasteiger partial charge in [0.25, 0.3) is 0 Å². The van der Waals surface area contributed by atoms with Gasteiger partial charge in [-0.05, 0) is 19.9 Å². The fraction of sp³-hybridized carbons (Fsp3) is 0.353. The van der Waals surface area contributed by atoms with E-state index in [9.17, 15) is 9.90 Å². The first-order valence-electron chi connectivity index (χ1n) is 7.11. The van der Waals surface area contributed by atoms with Gasteiger partial charge in [0.05, 0.1) is 11.1 Å². The Morgan fingerprint density at radius 1 is 1.29 bits per heavy atom. The Morgan fingerprint density at radius 2 is 1.95 bits per heavy atom. The Bertz CT molecular complexity index is 755. The monoisotopic (exact) mass is 299 g/mol. The van der Waals surface area contributed by atoms with Crippen LogP contribution >= 0.6 is 0 Å². The largest absolute Gasteiger partial charge is 0.478 e. The molecule has 4 heteroatoms. The van der Waals surface area contributed by atoms with Crippen LogP contribution in [0.4, 0.5) is 0 Å². The first-order chi connectivity index (χ1) is 9.70. The highest BCUT2D eigenvalue weighted by Gasteiger charge is 2.17. The molecule has 0 fully saturated rings. The van der Waals surface area contributed by atoms with E-state index in [4.69, 9.17) is 0 Å². The first kappa shape index (κ1) is 15.4. The molecule has 0 saturated carbocycles. The predicted octanol–water partition coefficient (Wildman–Crippen LogP) is 4.15. The second-order valence-electron chi connectivity index (χ2n) is 6.55. The van der Waals surface area contributed by atoms with E-state index in [1.807, 2.05) is 36.6 Å². The summed E-state index contributed by atoms with van der Waals surface area (Å²) in [6.07, 6.45) is 1.72. The van der Waals surface area contributed by atoms with Crippen LogP contribution in [0, 0.1) is 11.5 Å². The molecule has 0 spiro atoms. The summed E-state index contributed by atoms with van der Waals surface area (Å²) in [4.78, 5) is 11.4. The van der Waals surface area contributed by atoms with E-state index in [2.05, 4.69) is 31.1 Å². The molecule has 0 aliphatic rings. The number of fused-ring (bicyclic) bond motifs is 1. The van der Waals surface area contributed by atoms with E-state index in [0.29, 0.717) is 5.56 Å². The van der Waals surface area contributed by atoms with Crippen LogP contribution in [0.2, 0.25) is 19.6 Å². The van der Waals surface area contributed by atoms with Gasteiger partial charge in [0.2, 0.25) is 0 Å². The molecular weight excluding hydrogens is 278 g/mol. The molecule has 0 aliphatic heterocycles. The van der Waals surface area contributed by atoms with Gasteiger partial charge in [0, 0.05) is 23.2 Å². The number of aromatic carboxylic acids is 1. The van der Waals surface area contributed by atoms with Gasteiger partial charge >= 0.3 is 5.97 Å². The zero-order valence-electron chi connectivity index (χ0n) is 13.2. The summed E-state index contributed by atoms with van der Waals surface area (Å²) >= 11 is 0. The van der Waals surface area contributed by atoms with E-state index < -0.39 is 14.0 Å². The third kappa shape index (κ3) is 3.19. The fourth-order valence-corrected chi connectivity index (χ4v) is 2.76. The van der Waals surface area contributed by atoms with Crippen molar-refractivity contribution in [1.82, 2.24) is 4.57 Å². The molecule has 21 heavy (non-hydrogen) atoms. The summed E-state index contributed by atoms with van der Waals surface area (Å²) < 4.78 is 2.01. The topological polar surface area (TPSA) is 42.2 Å². The molecule has 0 aliphatic carbocycles. The number of para-hydroxylation sites is 1. The van der Waals surface area contributed by atoms with E-state index in [0.717, 1.165) is 16.5 Å². The number of carboxylic acid groups (broad SMARTS) is 1. The first-order valence-corrected chi connectivity index (χ1v) is 10.6. The Balaban J connectivity index is 2.78. The number of carbonyl (C=O) groups is 1. The van der Waals surface area contributed by atoms with Crippen molar-refractivity contribution in [1.29, 1.82) is 0 Å². The van der Waals surface area contributed by atoms with Crippen LogP contribution in [-0.2, 0) is 0 Å². The Hall–Kier alpha value is -1.99. The Labute approximate surface area is 126 Å². The molecule has 2 rings (SSSR count).